The third-order valence-corrected chi connectivity index (χ3v) is 5.73. The Morgan fingerprint density at radius 2 is 1.24 bits per heavy atom. The largest absolute Gasteiger partial charge is 0.410 e. The van der Waals surface area contributed by atoms with Crippen LogP contribution in [-0.4, -0.2) is 10.9 Å². The van der Waals surface area contributed by atoms with Crippen LogP contribution in [0.4, 0.5) is 8.78 Å². The summed E-state index contributed by atoms with van der Waals surface area (Å²) < 4.78 is 27.6. The fourth-order valence-electron chi connectivity index (χ4n) is 3.87. The van der Waals surface area contributed by atoms with Gasteiger partial charge in [-0.2, -0.15) is 0 Å². The smallest absolute Gasteiger partial charge is 0.123 e. The predicted molar refractivity (Wildman–Crippen MR) is 93.4 cm³/mol. The first kappa shape index (κ1) is 16.2. The van der Waals surface area contributed by atoms with E-state index in [0.29, 0.717) is 17.5 Å². The molecule has 2 aromatic carbocycles. The Labute approximate surface area is 146 Å². The molecular weight excluding hydrogens is 320 g/mol. The van der Waals surface area contributed by atoms with Crippen LogP contribution in [0, 0.1) is 11.6 Å². The van der Waals surface area contributed by atoms with Gasteiger partial charge >= 0.3 is 0 Å². The first-order valence-corrected chi connectivity index (χ1v) is 8.99. The van der Waals surface area contributed by atoms with Crippen molar-refractivity contribution >= 4 is 5.71 Å². The Balaban J connectivity index is 1.82. The standard InChI is InChI=1S/C21H21F2NO/c22-15-7-9-17(19(11-15)13-3-1-4-13)21(24-25)18-10-8-16(23)12-20(18)14-5-2-6-14/h7-14,25H,1-6H2. The van der Waals surface area contributed by atoms with Crippen LogP contribution in [0.2, 0.25) is 0 Å². The molecule has 0 saturated heterocycles. The molecule has 0 amide bonds. The molecule has 0 bridgehead atoms. The van der Waals surface area contributed by atoms with E-state index in [2.05, 4.69) is 5.16 Å². The molecule has 0 unspecified atom stereocenters. The molecule has 130 valence electrons. The molecule has 1 N–H and O–H groups in total. The van der Waals surface area contributed by atoms with Crippen LogP contribution in [0.1, 0.15) is 72.6 Å². The summed E-state index contributed by atoms with van der Waals surface area (Å²) in [4.78, 5) is 0. The fraction of sp³-hybridized carbons (Fsp3) is 0.381. The Kier molecular flexibility index (Phi) is 4.28. The quantitative estimate of drug-likeness (QED) is 0.430. The van der Waals surface area contributed by atoms with Gasteiger partial charge in [-0.05, 0) is 85.0 Å². The van der Waals surface area contributed by atoms with E-state index >= 15 is 0 Å². The Hall–Kier alpha value is -2.23. The molecule has 0 atom stereocenters. The summed E-state index contributed by atoms with van der Waals surface area (Å²) >= 11 is 0. The van der Waals surface area contributed by atoms with E-state index in [1.165, 1.54) is 12.1 Å². The predicted octanol–water partition coefficient (Wildman–Crippen LogP) is 5.73. The van der Waals surface area contributed by atoms with Crippen molar-refractivity contribution in [2.45, 2.75) is 50.4 Å². The summed E-state index contributed by atoms with van der Waals surface area (Å²) in [5, 5.41) is 13.3. The van der Waals surface area contributed by atoms with Crippen LogP contribution in [0.15, 0.2) is 41.6 Å². The van der Waals surface area contributed by atoms with Crippen molar-refractivity contribution in [2.75, 3.05) is 0 Å². The summed E-state index contributed by atoms with van der Waals surface area (Å²) in [6.45, 7) is 0. The molecule has 2 aliphatic rings. The second kappa shape index (κ2) is 6.58. The van der Waals surface area contributed by atoms with Crippen LogP contribution in [-0.2, 0) is 0 Å². The third-order valence-electron chi connectivity index (χ3n) is 5.73. The van der Waals surface area contributed by atoms with Crippen LogP contribution in [0.3, 0.4) is 0 Å². The molecule has 0 radical (unpaired) electrons. The number of halogens is 2. The van der Waals surface area contributed by atoms with Gasteiger partial charge in [-0.25, -0.2) is 8.78 Å². The maximum atomic E-state index is 13.8. The molecule has 2 aromatic rings. The molecule has 0 aromatic heterocycles. The normalized spacial score (nSPS) is 17.7. The molecule has 4 rings (SSSR count). The van der Waals surface area contributed by atoms with Crippen LogP contribution < -0.4 is 0 Å². The third kappa shape index (κ3) is 2.94. The molecule has 2 saturated carbocycles. The lowest BCUT2D eigenvalue weighted by Gasteiger charge is -2.30. The fourth-order valence-corrected chi connectivity index (χ4v) is 3.87. The molecule has 2 aliphatic carbocycles. The van der Waals surface area contributed by atoms with Gasteiger partial charge in [0.2, 0.25) is 0 Å². The van der Waals surface area contributed by atoms with Gasteiger partial charge in [-0.15, -0.1) is 0 Å². The molecule has 2 fully saturated rings. The Bertz CT molecular complexity index is 757. The first-order valence-electron chi connectivity index (χ1n) is 8.99. The summed E-state index contributed by atoms with van der Waals surface area (Å²) in [5.41, 5.74) is 3.70. The van der Waals surface area contributed by atoms with Gasteiger partial charge in [0.15, 0.2) is 0 Å². The molecule has 25 heavy (non-hydrogen) atoms. The van der Waals surface area contributed by atoms with Gasteiger partial charge in [0.05, 0.1) is 0 Å². The SMILES string of the molecule is ON=C(c1ccc(F)cc1C1CCC1)c1ccc(F)cc1C1CCC1. The van der Waals surface area contributed by atoms with Gasteiger partial charge in [0.25, 0.3) is 0 Å². The minimum absolute atomic E-state index is 0.277. The van der Waals surface area contributed by atoms with Crippen molar-refractivity contribution in [3.63, 3.8) is 0 Å². The van der Waals surface area contributed by atoms with Crippen molar-refractivity contribution < 1.29 is 14.0 Å². The van der Waals surface area contributed by atoms with Gasteiger partial charge in [0, 0.05) is 11.1 Å². The van der Waals surface area contributed by atoms with Crippen molar-refractivity contribution in [3.8, 4) is 0 Å². The number of rotatable bonds is 4. The monoisotopic (exact) mass is 341 g/mol. The highest BCUT2D eigenvalue weighted by Crippen LogP contribution is 2.41. The minimum atomic E-state index is -0.277. The molecule has 0 heterocycles. The molecule has 4 heteroatoms. The van der Waals surface area contributed by atoms with Gasteiger partial charge in [0.1, 0.15) is 17.3 Å². The van der Waals surface area contributed by atoms with Gasteiger partial charge in [-0.3, -0.25) is 0 Å². The van der Waals surface area contributed by atoms with Crippen molar-refractivity contribution in [1.82, 2.24) is 0 Å². The van der Waals surface area contributed by atoms with Gasteiger partial charge < -0.3 is 5.21 Å². The number of hydrogen-bond donors (Lipinski definition) is 1. The van der Waals surface area contributed by atoms with E-state index in [1.807, 2.05) is 0 Å². The van der Waals surface area contributed by atoms with E-state index in [-0.39, 0.29) is 11.6 Å². The second-order valence-corrected chi connectivity index (χ2v) is 7.17. The average molecular weight is 341 g/mol. The zero-order valence-corrected chi connectivity index (χ0v) is 14.0. The maximum absolute atomic E-state index is 13.8. The number of oxime groups is 1. The lowest BCUT2D eigenvalue weighted by molar-refractivity contribution is 0.319. The van der Waals surface area contributed by atoms with Crippen LogP contribution in [0.5, 0.6) is 0 Å². The number of hydrogen-bond acceptors (Lipinski definition) is 2. The zero-order valence-electron chi connectivity index (χ0n) is 14.0. The summed E-state index contributed by atoms with van der Waals surface area (Å²) in [7, 11) is 0. The lowest BCUT2D eigenvalue weighted by Crippen LogP contribution is -2.19. The van der Waals surface area contributed by atoms with Gasteiger partial charge in [-0.1, -0.05) is 18.0 Å². The van der Waals surface area contributed by atoms with E-state index in [0.717, 1.165) is 60.8 Å². The Morgan fingerprint density at radius 1 is 0.800 bits per heavy atom. The summed E-state index contributed by atoms with van der Waals surface area (Å²) in [6.07, 6.45) is 6.36. The van der Waals surface area contributed by atoms with Crippen LogP contribution in [0.25, 0.3) is 0 Å². The highest BCUT2D eigenvalue weighted by molar-refractivity contribution is 6.14. The minimum Gasteiger partial charge on any atom is -0.410 e. The van der Waals surface area contributed by atoms with E-state index < -0.39 is 0 Å². The van der Waals surface area contributed by atoms with Crippen LogP contribution >= 0.6 is 0 Å². The number of nitrogens with zero attached hydrogens (tertiary/aromatic N) is 1. The number of benzene rings is 2. The van der Waals surface area contributed by atoms with E-state index in [9.17, 15) is 14.0 Å². The molecule has 0 spiro atoms. The first-order chi connectivity index (χ1) is 12.2. The van der Waals surface area contributed by atoms with Crippen molar-refractivity contribution in [2.24, 2.45) is 5.16 Å². The van der Waals surface area contributed by atoms with E-state index in [4.69, 9.17) is 0 Å². The lowest BCUT2D eigenvalue weighted by atomic mass is 9.74. The second-order valence-electron chi connectivity index (χ2n) is 7.17. The zero-order chi connectivity index (χ0) is 17.4. The Morgan fingerprint density at radius 3 is 1.56 bits per heavy atom. The average Bonchev–Trinajstić information content (AvgIpc) is 2.48. The van der Waals surface area contributed by atoms with Crippen molar-refractivity contribution in [1.29, 1.82) is 0 Å². The highest BCUT2D eigenvalue weighted by Gasteiger charge is 2.28. The maximum Gasteiger partial charge on any atom is 0.123 e. The summed E-state index contributed by atoms with van der Waals surface area (Å²) in [6, 6.07) is 9.27. The van der Waals surface area contributed by atoms with E-state index in [1.54, 1.807) is 24.3 Å². The molecule has 0 aliphatic heterocycles. The molecular formula is C21H21F2NO. The summed E-state index contributed by atoms with van der Waals surface area (Å²) in [5.74, 6) is 0.0487. The van der Waals surface area contributed by atoms with Crippen molar-refractivity contribution in [3.05, 3.63) is 70.3 Å². The molecule has 2 nitrogen and oxygen atoms in total. The highest BCUT2D eigenvalue weighted by atomic mass is 19.1. The topological polar surface area (TPSA) is 32.6 Å².